The van der Waals surface area contributed by atoms with Crippen molar-refractivity contribution in [1.29, 1.82) is 0 Å². The molecule has 3 aromatic rings. The Kier molecular flexibility index (Phi) is 9.86. The van der Waals surface area contributed by atoms with Crippen LogP contribution in [0.4, 0.5) is 5.69 Å². The van der Waals surface area contributed by atoms with Crippen molar-refractivity contribution in [3.05, 3.63) is 95.0 Å². The molecule has 1 N–H and O–H groups in total. The number of halogens is 1. The van der Waals surface area contributed by atoms with Gasteiger partial charge in [0.05, 0.1) is 10.6 Å². The second-order valence-corrected chi connectivity index (χ2v) is 11.0. The molecule has 3 rings (SSSR count). The van der Waals surface area contributed by atoms with Gasteiger partial charge < -0.3 is 5.32 Å². The highest BCUT2D eigenvalue weighted by atomic mass is 35.5. The number of thioether (sulfide) groups is 1. The number of sulfonamides is 1. The van der Waals surface area contributed by atoms with Crippen LogP contribution in [-0.2, 0) is 27.0 Å². The fourth-order valence-corrected chi connectivity index (χ4v) is 6.18. The first-order valence-corrected chi connectivity index (χ1v) is 14.1. The predicted molar refractivity (Wildman–Crippen MR) is 142 cm³/mol. The number of nitrogens with zero attached hydrogens (tertiary/aromatic N) is 1. The largest absolute Gasteiger partial charge is 0.354 e. The van der Waals surface area contributed by atoms with Gasteiger partial charge in [0.15, 0.2) is 0 Å². The lowest BCUT2D eigenvalue weighted by Crippen LogP contribution is -2.41. The van der Waals surface area contributed by atoms with Gasteiger partial charge in [0, 0.05) is 17.3 Å². The molecule has 3 aromatic carbocycles. The number of carbonyl (C=O) groups excluding carboxylic acids is 1. The van der Waals surface area contributed by atoms with Crippen LogP contribution in [0.1, 0.15) is 24.5 Å². The fraction of sp³-hybridized carbons (Fsp3) is 0.269. The summed E-state index contributed by atoms with van der Waals surface area (Å²) in [6, 6.07) is 23.3. The summed E-state index contributed by atoms with van der Waals surface area (Å²) in [4.78, 5) is 12.9. The minimum absolute atomic E-state index is 0.157. The molecule has 180 valence electrons. The lowest BCUT2D eigenvalue weighted by atomic mass is 10.1. The molecule has 0 spiro atoms. The number of aryl methyl sites for hydroxylation is 1. The molecule has 0 atom stereocenters. The second-order valence-electron chi connectivity index (χ2n) is 7.65. The van der Waals surface area contributed by atoms with Crippen LogP contribution in [0.25, 0.3) is 0 Å². The van der Waals surface area contributed by atoms with Crippen LogP contribution in [0, 0.1) is 0 Å². The molecule has 1 amide bonds. The Morgan fingerprint density at radius 3 is 2.29 bits per heavy atom. The minimum Gasteiger partial charge on any atom is -0.354 e. The van der Waals surface area contributed by atoms with Crippen LogP contribution in [0.3, 0.4) is 0 Å². The molecular formula is C26H29ClN2O3S2. The quantitative estimate of drug-likeness (QED) is 0.321. The maximum Gasteiger partial charge on any atom is 0.264 e. The van der Waals surface area contributed by atoms with Gasteiger partial charge in [-0.2, -0.15) is 11.8 Å². The first-order chi connectivity index (χ1) is 16.4. The van der Waals surface area contributed by atoms with Crippen LogP contribution in [-0.4, -0.2) is 33.2 Å². The summed E-state index contributed by atoms with van der Waals surface area (Å²) >= 11 is 7.93. The third-order valence-electron chi connectivity index (χ3n) is 5.26. The lowest BCUT2D eigenvalue weighted by molar-refractivity contribution is -0.119. The highest BCUT2D eigenvalue weighted by Gasteiger charge is 2.28. The third-order valence-corrected chi connectivity index (χ3v) is 8.50. The Morgan fingerprint density at radius 2 is 1.59 bits per heavy atom. The number of carbonyl (C=O) groups is 1. The van der Waals surface area contributed by atoms with E-state index in [-0.39, 0.29) is 17.3 Å². The van der Waals surface area contributed by atoms with E-state index < -0.39 is 10.0 Å². The van der Waals surface area contributed by atoms with Crippen molar-refractivity contribution < 1.29 is 13.2 Å². The standard InChI is InChI=1S/C26H29ClN2O3S2/c1-2-21-11-7-9-16-25(21)29(34(31,32)23-13-4-3-5-14-23)19-26(30)28-17-10-18-33-20-22-12-6-8-15-24(22)27/h3-9,11-16H,2,10,17-20H2,1H3,(H,28,30). The SMILES string of the molecule is CCc1ccccc1N(CC(=O)NCCCSCc1ccccc1Cl)S(=O)(=O)c1ccccc1. The van der Waals surface area contributed by atoms with E-state index >= 15 is 0 Å². The van der Waals surface area contributed by atoms with Crippen LogP contribution < -0.4 is 9.62 Å². The molecule has 0 saturated carbocycles. The monoisotopic (exact) mass is 516 g/mol. The van der Waals surface area contributed by atoms with Crippen molar-refractivity contribution in [2.75, 3.05) is 23.1 Å². The predicted octanol–water partition coefficient (Wildman–Crippen LogP) is 5.54. The maximum absolute atomic E-state index is 13.4. The zero-order valence-corrected chi connectivity index (χ0v) is 21.5. The molecule has 0 radical (unpaired) electrons. The molecule has 0 unspecified atom stereocenters. The van der Waals surface area contributed by atoms with Gasteiger partial charge >= 0.3 is 0 Å². The van der Waals surface area contributed by atoms with Crippen molar-refractivity contribution in [1.82, 2.24) is 5.32 Å². The smallest absolute Gasteiger partial charge is 0.264 e. The molecule has 0 bridgehead atoms. The van der Waals surface area contributed by atoms with Crippen molar-refractivity contribution in [3.63, 3.8) is 0 Å². The van der Waals surface area contributed by atoms with Crippen molar-refractivity contribution in [2.45, 2.75) is 30.4 Å². The topological polar surface area (TPSA) is 66.5 Å². The van der Waals surface area contributed by atoms with E-state index in [4.69, 9.17) is 11.6 Å². The number of rotatable bonds is 12. The highest BCUT2D eigenvalue weighted by Crippen LogP contribution is 2.27. The average Bonchev–Trinajstić information content (AvgIpc) is 2.86. The minimum atomic E-state index is -3.90. The number of amides is 1. The second kappa shape index (κ2) is 12.8. The molecule has 0 aromatic heterocycles. The van der Waals surface area contributed by atoms with Gasteiger partial charge in [-0.15, -0.1) is 0 Å². The van der Waals surface area contributed by atoms with Gasteiger partial charge in [-0.05, 0) is 54.0 Å². The van der Waals surface area contributed by atoms with E-state index in [1.165, 1.54) is 4.31 Å². The van der Waals surface area contributed by atoms with Gasteiger partial charge in [0.25, 0.3) is 10.0 Å². The summed E-state index contributed by atoms with van der Waals surface area (Å²) in [6.45, 7) is 2.16. The van der Waals surface area contributed by atoms with Crippen LogP contribution in [0.5, 0.6) is 0 Å². The van der Waals surface area contributed by atoms with E-state index in [1.807, 2.05) is 43.3 Å². The number of nitrogens with one attached hydrogen (secondary N) is 1. The Labute approximate surface area is 211 Å². The Balaban J connectivity index is 1.61. The normalized spacial score (nSPS) is 11.2. The van der Waals surface area contributed by atoms with Gasteiger partial charge in [-0.1, -0.05) is 73.1 Å². The molecule has 34 heavy (non-hydrogen) atoms. The Hall–Kier alpha value is -2.48. The number of benzene rings is 3. The van der Waals surface area contributed by atoms with Gasteiger partial charge in [-0.25, -0.2) is 8.42 Å². The number of hydrogen-bond acceptors (Lipinski definition) is 4. The molecule has 0 fully saturated rings. The first kappa shape index (κ1) is 26.1. The van der Waals surface area contributed by atoms with Gasteiger partial charge in [-0.3, -0.25) is 9.10 Å². The van der Waals surface area contributed by atoms with E-state index in [1.54, 1.807) is 54.2 Å². The summed E-state index contributed by atoms with van der Waals surface area (Å²) in [5, 5.41) is 3.63. The fourth-order valence-electron chi connectivity index (χ4n) is 3.46. The summed E-state index contributed by atoms with van der Waals surface area (Å²) in [7, 11) is -3.90. The summed E-state index contributed by atoms with van der Waals surface area (Å²) < 4.78 is 28.1. The van der Waals surface area contributed by atoms with Crippen molar-refractivity contribution in [3.8, 4) is 0 Å². The van der Waals surface area contributed by atoms with Gasteiger partial charge in [0.2, 0.25) is 5.91 Å². The Morgan fingerprint density at radius 1 is 0.941 bits per heavy atom. The van der Waals surface area contributed by atoms with Gasteiger partial charge in [0.1, 0.15) is 6.54 Å². The molecule has 8 heteroatoms. The highest BCUT2D eigenvalue weighted by molar-refractivity contribution is 7.98. The number of anilines is 1. The van der Waals surface area contributed by atoms with Crippen molar-refractivity contribution >= 4 is 45.0 Å². The Bertz CT molecular complexity index is 1190. The third kappa shape index (κ3) is 7.01. The molecule has 0 aliphatic heterocycles. The molecule has 0 heterocycles. The molecule has 0 aliphatic carbocycles. The van der Waals surface area contributed by atoms with E-state index in [0.717, 1.165) is 34.1 Å². The van der Waals surface area contributed by atoms with Crippen molar-refractivity contribution in [2.24, 2.45) is 0 Å². The molecule has 0 saturated heterocycles. The van der Waals surface area contributed by atoms with Crippen LogP contribution in [0.2, 0.25) is 5.02 Å². The zero-order chi connectivity index (χ0) is 24.4. The number of para-hydroxylation sites is 1. The van der Waals surface area contributed by atoms with E-state index in [9.17, 15) is 13.2 Å². The summed E-state index contributed by atoms with van der Waals surface area (Å²) in [5.74, 6) is 1.34. The molecule has 0 aliphatic rings. The maximum atomic E-state index is 13.4. The molecular weight excluding hydrogens is 488 g/mol. The lowest BCUT2D eigenvalue weighted by Gasteiger charge is -2.26. The number of hydrogen-bond donors (Lipinski definition) is 1. The van der Waals surface area contributed by atoms with Crippen LogP contribution >= 0.6 is 23.4 Å². The first-order valence-electron chi connectivity index (χ1n) is 11.2. The average molecular weight is 517 g/mol. The summed E-state index contributed by atoms with van der Waals surface area (Å²) in [6.07, 6.45) is 1.43. The van der Waals surface area contributed by atoms with E-state index in [0.29, 0.717) is 18.7 Å². The van der Waals surface area contributed by atoms with Crippen LogP contribution in [0.15, 0.2) is 83.8 Å². The van der Waals surface area contributed by atoms with E-state index in [2.05, 4.69) is 5.32 Å². The molecule has 5 nitrogen and oxygen atoms in total. The zero-order valence-electron chi connectivity index (χ0n) is 19.1. The summed E-state index contributed by atoms with van der Waals surface area (Å²) in [5.41, 5.74) is 2.49.